The topological polar surface area (TPSA) is 78.7 Å². The molecule has 2 rings (SSSR count). The van der Waals surface area contributed by atoms with Gasteiger partial charge in [0.1, 0.15) is 5.56 Å². The monoisotopic (exact) mass is 249 g/mol. The molecule has 0 saturated carbocycles. The molecule has 6 nitrogen and oxygen atoms in total. The molecule has 0 bridgehead atoms. The number of methoxy groups -OCH3 is 1. The van der Waals surface area contributed by atoms with Crippen molar-refractivity contribution in [3.8, 4) is 0 Å². The summed E-state index contributed by atoms with van der Waals surface area (Å²) >= 11 is 0. The first-order valence-electron chi connectivity index (χ1n) is 5.28. The summed E-state index contributed by atoms with van der Waals surface area (Å²) in [6.07, 6.45) is 3.38. The first kappa shape index (κ1) is 12.1. The van der Waals surface area contributed by atoms with Gasteiger partial charge in [-0.3, -0.25) is 10.1 Å². The van der Waals surface area contributed by atoms with Gasteiger partial charge in [-0.1, -0.05) is 6.07 Å². The Balaban J connectivity index is 2.43. The van der Waals surface area contributed by atoms with E-state index in [0.717, 1.165) is 5.56 Å². The molecular weight excluding hydrogens is 238 g/mol. The maximum absolute atomic E-state index is 11.4. The molecule has 0 amide bonds. The van der Waals surface area contributed by atoms with Crippen molar-refractivity contribution >= 4 is 11.7 Å². The Labute approximate surface area is 103 Å². The Morgan fingerprint density at radius 3 is 2.89 bits per heavy atom. The lowest BCUT2D eigenvalue weighted by atomic mass is 9.98. The van der Waals surface area contributed by atoms with E-state index in [1.54, 1.807) is 12.3 Å². The highest BCUT2D eigenvalue weighted by molar-refractivity contribution is 5.93. The van der Waals surface area contributed by atoms with Crippen LogP contribution in [0.25, 0.3) is 0 Å². The maximum Gasteiger partial charge on any atom is 0.344 e. The molecule has 1 atom stereocenters. The van der Waals surface area contributed by atoms with E-state index < -0.39 is 10.9 Å². The minimum absolute atomic E-state index is 0.0182. The molecule has 0 saturated heterocycles. The smallest absolute Gasteiger partial charge is 0.344 e. The van der Waals surface area contributed by atoms with E-state index in [1.807, 2.05) is 6.08 Å². The standard InChI is InChI=1S/C12H11NO5/c1-17-12(14)10-3-2-8(6-11(10)13(15)16)9-4-5-18-7-9/h2-6,9H,7H2,1H3. The van der Waals surface area contributed by atoms with E-state index in [4.69, 9.17) is 4.74 Å². The van der Waals surface area contributed by atoms with Crippen LogP contribution >= 0.6 is 0 Å². The summed E-state index contributed by atoms with van der Waals surface area (Å²) in [4.78, 5) is 21.8. The molecule has 1 aliphatic rings. The fourth-order valence-corrected chi connectivity index (χ4v) is 1.79. The molecule has 1 aliphatic heterocycles. The van der Waals surface area contributed by atoms with Crippen molar-refractivity contribution in [1.82, 2.24) is 0 Å². The minimum Gasteiger partial charge on any atom is -0.501 e. The molecule has 0 fully saturated rings. The fourth-order valence-electron chi connectivity index (χ4n) is 1.79. The molecule has 6 heteroatoms. The Hall–Kier alpha value is -2.37. The molecule has 1 unspecified atom stereocenters. The molecule has 94 valence electrons. The average Bonchev–Trinajstić information content (AvgIpc) is 2.91. The van der Waals surface area contributed by atoms with Gasteiger partial charge in [-0.05, 0) is 17.7 Å². The summed E-state index contributed by atoms with van der Waals surface area (Å²) in [7, 11) is 1.19. The second-order valence-corrected chi connectivity index (χ2v) is 3.79. The quantitative estimate of drug-likeness (QED) is 0.465. The van der Waals surface area contributed by atoms with E-state index in [-0.39, 0.29) is 17.2 Å². The van der Waals surface area contributed by atoms with Gasteiger partial charge in [0.2, 0.25) is 0 Å². The van der Waals surface area contributed by atoms with Gasteiger partial charge in [0.15, 0.2) is 0 Å². The van der Waals surface area contributed by atoms with Crippen molar-refractivity contribution < 1.29 is 19.2 Å². The van der Waals surface area contributed by atoms with Gasteiger partial charge >= 0.3 is 5.97 Å². The Morgan fingerprint density at radius 1 is 1.56 bits per heavy atom. The number of rotatable bonds is 3. The Bertz CT molecular complexity index is 523. The van der Waals surface area contributed by atoms with Gasteiger partial charge in [-0.15, -0.1) is 0 Å². The predicted molar refractivity (Wildman–Crippen MR) is 62.3 cm³/mol. The van der Waals surface area contributed by atoms with Crippen LogP contribution in [0.4, 0.5) is 5.69 Å². The second kappa shape index (κ2) is 4.87. The second-order valence-electron chi connectivity index (χ2n) is 3.79. The van der Waals surface area contributed by atoms with E-state index >= 15 is 0 Å². The molecule has 1 aromatic carbocycles. The third kappa shape index (κ3) is 2.17. The molecule has 0 N–H and O–H groups in total. The number of hydrogen-bond acceptors (Lipinski definition) is 5. The zero-order chi connectivity index (χ0) is 13.1. The van der Waals surface area contributed by atoms with Crippen molar-refractivity contribution in [1.29, 1.82) is 0 Å². The van der Waals surface area contributed by atoms with Gasteiger partial charge in [0, 0.05) is 12.0 Å². The molecule has 0 aromatic heterocycles. The third-order valence-corrected chi connectivity index (χ3v) is 2.73. The number of carbonyl (C=O) groups is 1. The summed E-state index contributed by atoms with van der Waals surface area (Å²) in [5.41, 5.74) is 0.442. The first-order valence-corrected chi connectivity index (χ1v) is 5.28. The maximum atomic E-state index is 11.4. The summed E-state index contributed by atoms with van der Waals surface area (Å²) in [5, 5.41) is 11.0. The van der Waals surface area contributed by atoms with E-state index in [0.29, 0.717) is 6.61 Å². The predicted octanol–water partition coefficient (Wildman–Crippen LogP) is 2.01. The lowest BCUT2D eigenvalue weighted by Gasteiger charge is -2.08. The van der Waals surface area contributed by atoms with Crippen molar-refractivity contribution in [3.63, 3.8) is 0 Å². The first-order chi connectivity index (χ1) is 8.63. The van der Waals surface area contributed by atoms with E-state index in [1.165, 1.54) is 19.2 Å². The van der Waals surface area contributed by atoms with Crippen LogP contribution in [0.15, 0.2) is 30.5 Å². The zero-order valence-corrected chi connectivity index (χ0v) is 9.66. The lowest BCUT2D eigenvalue weighted by Crippen LogP contribution is -2.07. The lowest BCUT2D eigenvalue weighted by molar-refractivity contribution is -0.385. The number of ether oxygens (including phenoxy) is 2. The Morgan fingerprint density at radius 2 is 2.33 bits per heavy atom. The molecule has 0 radical (unpaired) electrons. The number of nitrogens with zero attached hydrogens (tertiary/aromatic N) is 1. The van der Waals surface area contributed by atoms with Gasteiger partial charge in [-0.25, -0.2) is 4.79 Å². The summed E-state index contributed by atoms with van der Waals surface area (Å²) in [5.74, 6) is -0.734. The average molecular weight is 249 g/mol. The van der Waals surface area contributed by atoms with E-state index in [2.05, 4.69) is 4.74 Å². The number of carbonyl (C=O) groups excluding carboxylic acids is 1. The van der Waals surface area contributed by atoms with Crippen LogP contribution in [0.5, 0.6) is 0 Å². The highest BCUT2D eigenvalue weighted by Crippen LogP contribution is 2.28. The SMILES string of the molecule is COC(=O)c1ccc(C2C=COC2)cc1[N+](=O)[O-]. The summed E-state index contributed by atoms with van der Waals surface area (Å²) < 4.78 is 9.58. The molecule has 1 aromatic rings. The van der Waals surface area contributed by atoms with Gasteiger partial charge in [-0.2, -0.15) is 0 Å². The number of esters is 1. The largest absolute Gasteiger partial charge is 0.501 e. The molecule has 0 spiro atoms. The number of hydrogen-bond donors (Lipinski definition) is 0. The number of nitro groups is 1. The fraction of sp³-hybridized carbons (Fsp3) is 0.250. The van der Waals surface area contributed by atoms with Crippen LogP contribution in [0.2, 0.25) is 0 Å². The van der Waals surface area contributed by atoms with Crippen LogP contribution in [-0.2, 0) is 9.47 Å². The molecule has 18 heavy (non-hydrogen) atoms. The summed E-state index contributed by atoms with van der Waals surface area (Å²) in [6, 6.07) is 4.46. The molecule has 0 aliphatic carbocycles. The normalized spacial score (nSPS) is 17.3. The van der Waals surface area contributed by atoms with E-state index in [9.17, 15) is 14.9 Å². The zero-order valence-electron chi connectivity index (χ0n) is 9.66. The third-order valence-electron chi connectivity index (χ3n) is 2.73. The van der Waals surface area contributed by atoms with Gasteiger partial charge in [0.05, 0.1) is 24.9 Å². The number of nitro benzene ring substituents is 1. The van der Waals surface area contributed by atoms with Crippen LogP contribution in [0, 0.1) is 10.1 Å². The van der Waals surface area contributed by atoms with Crippen molar-refractivity contribution in [2.24, 2.45) is 0 Å². The van der Waals surface area contributed by atoms with Gasteiger partial charge < -0.3 is 9.47 Å². The summed E-state index contributed by atoms with van der Waals surface area (Å²) in [6.45, 7) is 0.453. The van der Waals surface area contributed by atoms with Crippen LogP contribution in [0.3, 0.4) is 0 Å². The minimum atomic E-state index is -0.716. The van der Waals surface area contributed by atoms with Gasteiger partial charge in [0.25, 0.3) is 5.69 Å². The van der Waals surface area contributed by atoms with Crippen molar-refractivity contribution in [2.75, 3.05) is 13.7 Å². The molecular formula is C12H11NO5. The van der Waals surface area contributed by atoms with Crippen molar-refractivity contribution in [2.45, 2.75) is 5.92 Å². The van der Waals surface area contributed by atoms with Crippen LogP contribution < -0.4 is 0 Å². The number of benzene rings is 1. The molecule has 1 heterocycles. The van der Waals surface area contributed by atoms with Crippen LogP contribution in [-0.4, -0.2) is 24.6 Å². The highest BCUT2D eigenvalue weighted by Gasteiger charge is 2.23. The van der Waals surface area contributed by atoms with Crippen LogP contribution in [0.1, 0.15) is 21.8 Å². The highest BCUT2D eigenvalue weighted by atomic mass is 16.6. The van der Waals surface area contributed by atoms with Crippen molar-refractivity contribution in [3.05, 3.63) is 51.8 Å². The Kier molecular flexibility index (Phi) is 3.27.